The van der Waals surface area contributed by atoms with E-state index in [1.54, 1.807) is 0 Å². The van der Waals surface area contributed by atoms with Crippen molar-refractivity contribution in [3.8, 4) is 0 Å². The van der Waals surface area contributed by atoms with E-state index in [4.69, 9.17) is 11.2 Å². The van der Waals surface area contributed by atoms with Gasteiger partial charge in [0.15, 0.2) is 0 Å². The third-order valence-electron chi connectivity index (χ3n) is 1.41. The van der Waals surface area contributed by atoms with Gasteiger partial charge in [-0.15, -0.1) is 0 Å². The summed E-state index contributed by atoms with van der Waals surface area (Å²) in [5.74, 6) is 0. The van der Waals surface area contributed by atoms with Crippen LogP contribution in [0, 0.1) is 13.8 Å². The quantitative estimate of drug-likeness (QED) is 0.618. The summed E-state index contributed by atoms with van der Waals surface area (Å²) >= 11 is 5.46. The Morgan fingerprint density at radius 3 is 2.00 bits per heavy atom. The summed E-state index contributed by atoms with van der Waals surface area (Å²) in [6.07, 6.45) is 0. The topological polar surface area (TPSA) is 17.1 Å². The summed E-state index contributed by atoms with van der Waals surface area (Å²) in [5.41, 5.74) is 2.20. The van der Waals surface area contributed by atoms with Gasteiger partial charge in [-0.2, -0.15) is 0 Å². The van der Waals surface area contributed by atoms with Crippen LogP contribution >= 0.6 is 18.4 Å². The average molecular weight is 188 g/mol. The van der Waals surface area contributed by atoms with Crippen molar-refractivity contribution in [3.63, 3.8) is 0 Å². The molecule has 1 rings (SSSR count). The molecule has 0 aliphatic rings. The van der Waals surface area contributed by atoms with Crippen molar-refractivity contribution < 1.29 is 4.57 Å². The summed E-state index contributed by atoms with van der Waals surface area (Å²) < 4.78 is 10.9. The molecule has 0 radical (unpaired) electrons. The van der Waals surface area contributed by atoms with E-state index in [0.29, 0.717) is 0 Å². The maximum absolute atomic E-state index is 10.9. The predicted molar refractivity (Wildman–Crippen MR) is 49.0 cm³/mol. The zero-order valence-corrected chi connectivity index (χ0v) is 8.12. The zero-order chi connectivity index (χ0) is 8.43. The highest BCUT2D eigenvalue weighted by atomic mass is 35.7. The third kappa shape index (κ3) is 2.28. The molecule has 3 heteroatoms. The van der Waals surface area contributed by atoms with Gasteiger partial charge in [-0.3, -0.25) is 0 Å². The Balaban J connectivity index is 3.19. The lowest BCUT2D eigenvalue weighted by Crippen LogP contribution is -1.95. The van der Waals surface area contributed by atoms with Gasteiger partial charge in [-0.1, -0.05) is 6.07 Å². The summed E-state index contributed by atoms with van der Waals surface area (Å²) in [4.78, 5) is 0. The van der Waals surface area contributed by atoms with Crippen molar-refractivity contribution >= 4 is 23.7 Å². The number of halogens is 1. The molecular formula is C8H9ClOP+. The molecule has 11 heavy (non-hydrogen) atoms. The SMILES string of the molecule is Cc1cc(C)cc([P+](=O)Cl)c1. The summed E-state index contributed by atoms with van der Waals surface area (Å²) in [6, 6.07) is 5.72. The molecule has 1 nitrogen and oxygen atoms in total. The van der Waals surface area contributed by atoms with E-state index in [-0.39, 0.29) is 0 Å². The van der Waals surface area contributed by atoms with E-state index < -0.39 is 7.15 Å². The maximum atomic E-state index is 10.9. The second kappa shape index (κ2) is 3.34. The molecule has 1 atom stereocenters. The lowest BCUT2D eigenvalue weighted by Gasteiger charge is -1.92. The van der Waals surface area contributed by atoms with E-state index >= 15 is 0 Å². The minimum atomic E-state index is -1.71. The molecular weight excluding hydrogens is 179 g/mol. The highest BCUT2D eigenvalue weighted by Gasteiger charge is 2.16. The van der Waals surface area contributed by atoms with E-state index in [1.807, 2.05) is 32.0 Å². The smallest absolute Gasteiger partial charge is 0.0561 e. The fraction of sp³-hybridized carbons (Fsp3) is 0.250. The largest absolute Gasteiger partial charge is 0.494 e. The number of benzene rings is 1. The van der Waals surface area contributed by atoms with E-state index in [9.17, 15) is 4.57 Å². The molecule has 58 valence electrons. The van der Waals surface area contributed by atoms with Gasteiger partial charge in [0.2, 0.25) is 16.5 Å². The minimum Gasteiger partial charge on any atom is -0.0561 e. The molecule has 0 heterocycles. The second-order valence-electron chi connectivity index (χ2n) is 2.59. The van der Waals surface area contributed by atoms with Gasteiger partial charge in [0.1, 0.15) is 0 Å². The Kier molecular flexibility index (Phi) is 2.64. The normalized spacial score (nSPS) is 11.4. The number of hydrogen-bond donors (Lipinski definition) is 0. The molecule has 1 unspecified atom stereocenters. The van der Waals surface area contributed by atoms with Gasteiger partial charge < -0.3 is 0 Å². The highest BCUT2D eigenvalue weighted by molar-refractivity contribution is 7.80. The Morgan fingerprint density at radius 1 is 1.18 bits per heavy atom. The van der Waals surface area contributed by atoms with Crippen LogP contribution in [0.25, 0.3) is 0 Å². The van der Waals surface area contributed by atoms with Crippen LogP contribution in [-0.4, -0.2) is 0 Å². The Hall–Kier alpha value is -0.390. The van der Waals surface area contributed by atoms with Crippen LogP contribution < -0.4 is 5.30 Å². The monoisotopic (exact) mass is 187 g/mol. The van der Waals surface area contributed by atoms with Gasteiger partial charge in [-0.25, -0.2) is 0 Å². The van der Waals surface area contributed by atoms with Crippen LogP contribution in [0.4, 0.5) is 0 Å². The second-order valence-corrected chi connectivity index (χ2v) is 4.52. The first-order valence-corrected chi connectivity index (χ1v) is 5.47. The van der Waals surface area contributed by atoms with Gasteiger partial charge in [0.25, 0.3) is 0 Å². The molecule has 1 aromatic rings. The maximum Gasteiger partial charge on any atom is 0.494 e. The van der Waals surface area contributed by atoms with Crippen LogP contribution in [0.5, 0.6) is 0 Å². The fourth-order valence-electron chi connectivity index (χ4n) is 1.05. The number of aryl methyl sites for hydroxylation is 2. The molecule has 0 aliphatic carbocycles. The predicted octanol–water partition coefficient (Wildman–Crippen LogP) is 2.91. The number of rotatable bonds is 1. The van der Waals surface area contributed by atoms with Gasteiger partial charge >= 0.3 is 7.15 Å². The molecule has 0 fully saturated rings. The lowest BCUT2D eigenvalue weighted by atomic mass is 10.2. The van der Waals surface area contributed by atoms with Crippen LogP contribution in [-0.2, 0) is 4.57 Å². The van der Waals surface area contributed by atoms with Crippen LogP contribution in [0.3, 0.4) is 0 Å². The van der Waals surface area contributed by atoms with Crippen molar-refractivity contribution in [1.29, 1.82) is 0 Å². The summed E-state index contributed by atoms with van der Waals surface area (Å²) in [7, 11) is -1.71. The third-order valence-corrected chi connectivity index (χ3v) is 2.66. The van der Waals surface area contributed by atoms with Crippen molar-refractivity contribution in [2.75, 3.05) is 0 Å². The molecule has 0 aromatic heterocycles. The molecule has 0 spiro atoms. The average Bonchev–Trinajstić information content (AvgIpc) is 1.85. The summed E-state index contributed by atoms with van der Waals surface area (Å²) in [5, 5.41) is 0.721. The first kappa shape index (κ1) is 8.70. The highest BCUT2D eigenvalue weighted by Crippen LogP contribution is 2.25. The van der Waals surface area contributed by atoms with E-state index in [1.165, 1.54) is 0 Å². The van der Waals surface area contributed by atoms with Gasteiger partial charge in [0, 0.05) is 0 Å². The summed E-state index contributed by atoms with van der Waals surface area (Å²) in [6.45, 7) is 3.93. The molecule has 0 N–H and O–H groups in total. The molecule has 0 aliphatic heterocycles. The van der Waals surface area contributed by atoms with Gasteiger partial charge in [-0.05, 0) is 41.7 Å². The van der Waals surface area contributed by atoms with Crippen molar-refractivity contribution in [3.05, 3.63) is 29.3 Å². The van der Waals surface area contributed by atoms with Crippen LogP contribution in [0.2, 0.25) is 0 Å². The molecule has 0 amide bonds. The molecule has 0 bridgehead atoms. The Morgan fingerprint density at radius 2 is 1.64 bits per heavy atom. The lowest BCUT2D eigenvalue weighted by molar-refractivity contribution is 0.600. The minimum absolute atomic E-state index is 0.721. The van der Waals surface area contributed by atoms with E-state index in [2.05, 4.69) is 0 Å². The zero-order valence-electron chi connectivity index (χ0n) is 6.47. The van der Waals surface area contributed by atoms with Crippen molar-refractivity contribution in [2.24, 2.45) is 0 Å². The Bertz CT molecular complexity index is 276. The first-order valence-electron chi connectivity index (χ1n) is 3.31. The van der Waals surface area contributed by atoms with Gasteiger partial charge in [0.05, 0.1) is 0 Å². The van der Waals surface area contributed by atoms with Crippen molar-refractivity contribution in [2.45, 2.75) is 13.8 Å². The van der Waals surface area contributed by atoms with Crippen molar-refractivity contribution in [1.82, 2.24) is 0 Å². The van der Waals surface area contributed by atoms with E-state index in [0.717, 1.165) is 16.4 Å². The Labute approximate surface area is 72.0 Å². The van der Waals surface area contributed by atoms with Crippen LogP contribution in [0.1, 0.15) is 11.1 Å². The fourth-order valence-corrected chi connectivity index (χ4v) is 1.96. The first-order chi connectivity index (χ1) is 5.09. The standard InChI is InChI=1S/C8H9ClOP/c1-6-3-7(2)5-8(4-6)11(9)10/h3-5H,1-2H3/q+1. The van der Waals surface area contributed by atoms with Crippen LogP contribution in [0.15, 0.2) is 18.2 Å². The number of hydrogen-bond acceptors (Lipinski definition) is 1. The molecule has 0 saturated carbocycles. The molecule has 1 aromatic carbocycles. The molecule has 0 saturated heterocycles.